The van der Waals surface area contributed by atoms with Crippen molar-refractivity contribution in [2.75, 3.05) is 7.11 Å². The Hall–Kier alpha value is -2.92. The lowest BCUT2D eigenvalue weighted by Crippen LogP contribution is -2.38. The van der Waals surface area contributed by atoms with Crippen LogP contribution >= 0.6 is 0 Å². The van der Waals surface area contributed by atoms with E-state index in [1.165, 1.54) is 33.3 Å². The Morgan fingerprint density at radius 1 is 1.15 bits per heavy atom. The predicted molar refractivity (Wildman–Crippen MR) is 90.4 cm³/mol. The minimum Gasteiger partial charge on any atom is -0.496 e. The Kier molecular flexibility index (Phi) is 5.33. The van der Waals surface area contributed by atoms with Gasteiger partial charge in [-0.1, -0.05) is 0 Å². The first kappa shape index (κ1) is 19.4. The number of rotatable bonds is 5. The highest BCUT2D eigenvalue weighted by atomic mass is 32.2. The Bertz CT molecular complexity index is 1080. The highest BCUT2D eigenvalue weighted by molar-refractivity contribution is 7.89. The molecule has 1 aromatic carbocycles. The van der Waals surface area contributed by atoms with Crippen LogP contribution in [0.2, 0.25) is 0 Å². The van der Waals surface area contributed by atoms with Crippen LogP contribution in [0.3, 0.4) is 0 Å². The van der Waals surface area contributed by atoms with Crippen LogP contribution < -0.4 is 21.1 Å². The molecule has 0 unspecified atom stereocenters. The van der Waals surface area contributed by atoms with Gasteiger partial charge in [0.15, 0.2) is 0 Å². The van der Waals surface area contributed by atoms with E-state index >= 15 is 0 Å². The number of hydrogen-bond acceptors (Lipinski definition) is 7. The molecule has 10 nitrogen and oxygen atoms in total. The van der Waals surface area contributed by atoms with Crippen LogP contribution in [0.25, 0.3) is 0 Å². The summed E-state index contributed by atoms with van der Waals surface area (Å²) in [5.74, 6) is -0.819. The van der Waals surface area contributed by atoms with Crippen molar-refractivity contribution >= 4 is 16.0 Å². The summed E-state index contributed by atoms with van der Waals surface area (Å²) in [5.41, 5.74) is -1.11. The molecular formula is C15H17N3O7S. The number of carbonyl (C=O) groups is 1. The Morgan fingerprint density at radius 2 is 1.81 bits per heavy atom. The molecular weight excluding hydrogens is 366 g/mol. The van der Waals surface area contributed by atoms with E-state index in [1.807, 2.05) is 0 Å². The molecule has 2 N–H and O–H groups in total. The summed E-state index contributed by atoms with van der Waals surface area (Å²) >= 11 is 0. The topological polar surface area (TPSA) is 140 Å². The summed E-state index contributed by atoms with van der Waals surface area (Å²) in [4.78, 5) is 35.6. The van der Waals surface area contributed by atoms with Crippen LogP contribution in [0.15, 0.2) is 38.8 Å². The molecule has 2 rings (SSSR count). The third-order valence-electron chi connectivity index (χ3n) is 3.70. The second kappa shape index (κ2) is 7.14. The van der Waals surface area contributed by atoms with E-state index in [2.05, 4.69) is 0 Å². The molecule has 0 aliphatic carbocycles. The largest absolute Gasteiger partial charge is 0.496 e. The van der Waals surface area contributed by atoms with E-state index in [0.29, 0.717) is 0 Å². The van der Waals surface area contributed by atoms with E-state index in [9.17, 15) is 22.8 Å². The molecule has 1 aromatic heterocycles. The van der Waals surface area contributed by atoms with Gasteiger partial charge in [-0.15, -0.1) is 0 Å². The van der Waals surface area contributed by atoms with Crippen molar-refractivity contribution < 1.29 is 22.7 Å². The highest BCUT2D eigenvalue weighted by Gasteiger charge is 2.19. The van der Waals surface area contributed by atoms with Crippen molar-refractivity contribution in [2.24, 2.45) is 19.2 Å². The lowest BCUT2D eigenvalue weighted by molar-refractivity contribution is 0.0458. The molecule has 11 heteroatoms. The van der Waals surface area contributed by atoms with Crippen molar-refractivity contribution in [1.29, 1.82) is 0 Å². The average Bonchev–Trinajstić information content (AvgIpc) is 2.60. The monoisotopic (exact) mass is 383 g/mol. The molecule has 0 fully saturated rings. The van der Waals surface area contributed by atoms with E-state index in [1.54, 1.807) is 0 Å². The highest BCUT2D eigenvalue weighted by Crippen LogP contribution is 2.23. The van der Waals surface area contributed by atoms with E-state index in [-0.39, 0.29) is 28.5 Å². The molecule has 0 spiro atoms. The lowest BCUT2D eigenvalue weighted by atomic mass is 10.2. The summed E-state index contributed by atoms with van der Waals surface area (Å²) in [6.45, 7) is -0.372. The zero-order valence-electron chi connectivity index (χ0n) is 14.3. The maximum absolute atomic E-state index is 12.3. The SMILES string of the molecule is COc1ccc(S(N)(=O)=O)cc1C(=O)OCc1cc(=O)n(C)c(=O)n1C. The fourth-order valence-corrected chi connectivity index (χ4v) is 2.70. The minimum atomic E-state index is -4.03. The van der Waals surface area contributed by atoms with Crippen molar-refractivity contribution in [2.45, 2.75) is 11.5 Å². The summed E-state index contributed by atoms with van der Waals surface area (Å²) < 4.78 is 35.1. The van der Waals surface area contributed by atoms with Crippen molar-refractivity contribution in [1.82, 2.24) is 9.13 Å². The number of methoxy groups -OCH3 is 1. The zero-order valence-corrected chi connectivity index (χ0v) is 15.1. The molecule has 1 heterocycles. The summed E-state index contributed by atoms with van der Waals surface area (Å²) in [7, 11) is 0.0197. The molecule has 0 saturated carbocycles. The quantitative estimate of drug-likeness (QED) is 0.660. The van der Waals surface area contributed by atoms with Gasteiger partial charge in [0.1, 0.15) is 17.9 Å². The van der Waals surface area contributed by atoms with Gasteiger partial charge in [0.2, 0.25) is 10.0 Å². The van der Waals surface area contributed by atoms with Gasteiger partial charge >= 0.3 is 11.7 Å². The van der Waals surface area contributed by atoms with Crippen molar-refractivity contribution in [3.8, 4) is 5.75 Å². The van der Waals surface area contributed by atoms with Crippen LogP contribution in [0.1, 0.15) is 16.1 Å². The van der Waals surface area contributed by atoms with Gasteiger partial charge in [-0.05, 0) is 18.2 Å². The maximum Gasteiger partial charge on any atom is 0.342 e. The number of primary sulfonamides is 1. The average molecular weight is 383 g/mol. The first-order valence-electron chi connectivity index (χ1n) is 7.20. The van der Waals surface area contributed by atoms with Crippen LogP contribution in [-0.4, -0.2) is 30.6 Å². The summed E-state index contributed by atoms with van der Waals surface area (Å²) in [5, 5.41) is 5.05. The van der Waals surface area contributed by atoms with Crippen LogP contribution in [-0.2, 0) is 35.5 Å². The van der Waals surface area contributed by atoms with Gasteiger partial charge < -0.3 is 9.47 Å². The Labute approximate surface area is 148 Å². The molecule has 2 aromatic rings. The number of nitrogens with two attached hydrogens (primary N) is 1. The van der Waals surface area contributed by atoms with Gasteiger partial charge in [0, 0.05) is 20.2 Å². The van der Waals surface area contributed by atoms with E-state index < -0.39 is 27.2 Å². The van der Waals surface area contributed by atoms with Crippen LogP contribution in [0, 0.1) is 0 Å². The fraction of sp³-hybridized carbons (Fsp3) is 0.267. The predicted octanol–water partition coefficient (Wildman–Crippen LogP) is -0.903. The van der Waals surface area contributed by atoms with Gasteiger partial charge in [-0.25, -0.2) is 23.1 Å². The van der Waals surface area contributed by atoms with Gasteiger partial charge in [0.25, 0.3) is 5.56 Å². The van der Waals surface area contributed by atoms with Crippen LogP contribution in [0.4, 0.5) is 0 Å². The number of aromatic nitrogens is 2. The number of esters is 1. The van der Waals surface area contributed by atoms with E-state index in [4.69, 9.17) is 14.6 Å². The zero-order chi connectivity index (χ0) is 19.6. The number of ether oxygens (including phenoxy) is 2. The molecule has 26 heavy (non-hydrogen) atoms. The van der Waals surface area contributed by atoms with E-state index in [0.717, 1.165) is 21.3 Å². The molecule has 0 aliphatic heterocycles. The standard InChI is InChI=1S/C15H17N3O7S/c1-17-9(6-13(19)18(2)15(17)21)8-25-14(20)11-7-10(26(16,22)23)4-5-12(11)24-3/h4-7H,8H2,1-3H3,(H2,16,22,23). The number of sulfonamides is 1. The number of benzene rings is 1. The molecule has 0 aliphatic rings. The molecule has 0 bridgehead atoms. The first-order valence-corrected chi connectivity index (χ1v) is 8.74. The molecule has 0 radical (unpaired) electrons. The minimum absolute atomic E-state index is 0.0836. The first-order chi connectivity index (χ1) is 12.1. The van der Waals surface area contributed by atoms with Gasteiger partial charge in [0.05, 0.1) is 17.7 Å². The molecule has 0 amide bonds. The van der Waals surface area contributed by atoms with Gasteiger partial charge in [-0.2, -0.15) is 0 Å². The third-order valence-corrected chi connectivity index (χ3v) is 4.61. The number of hydrogen-bond donors (Lipinski definition) is 1. The smallest absolute Gasteiger partial charge is 0.342 e. The van der Waals surface area contributed by atoms with Gasteiger partial charge in [-0.3, -0.25) is 13.9 Å². The van der Waals surface area contributed by atoms with Crippen molar-refractivity contribution in [3.05, 3.63) is 56.4 Å². The second-order valence-corrected chi connectivity index (χ2v) is 6.92. The summed E-state index contributed by atoms with van der Waals surface area (Å²) in [6, 6.07) is 4.64. The number of carbonyl (C=O) groups excluding carboxylic acids is 1. The maximum atomic E-state index is 12.3. The molecule has 0 saturated heterocycles. The molecule has 0 atom stereocenters. The van der Waals surface area contributed by atoms with Crippen molar-refractivity contribution in [3.63, 3.8) is 0 Å². The molecule has 140 valence electrons. The normalized spacial score (nSPS) is 11.2. The third kappa shape index (κ3) is 3.83. The second-order valence-electron chi connectivity index (χ2n) is 5.36. The lowest BCUT2D eigenvalue weighted by Gasteiger charge is -2.12. The Morgan fingerprint density at radius 3 is 2.38 bits per heavy atom. The fourth-order valence-electron chi connectivity index (χ4n) is 2.16. The van der Waals surface area contributed by atoms with Crippen LogP contribution in [0.5, 0.6) is 5.75 Å². The Balaban J connectivity index is 2.34. The summed E-state index contributed by atoms with van der Waals surface area (Å²) in [6.07, 6.45) is 0. The number of nitrogens with zero attached hydrogens (tertiary/aromatic N) is 2.